The van der Waals surface area contributed by atoms with Crippen LogP contribution in [0.4, 0.5) is 11.4 Å². The van der Waals surface area contributed by atoms with Crippen LogP contribution < -0.4 is 15.2 Å². The number of para-hydroxylation sites is 2. The van der Waals surface area contributed by atoms with Crippen molar-refractivity contribution in [2.45, 2.75) is 11.8 Å². The summed E-state index contributed by atoms with van der Waals surface area (Å²) < 4.78 is 31.2. The van der Waals surface area contributed by atoms with Gasteiger partial charge in [-0.15, -0.1) is 6.58 Å². The van der Waals surface area contributed by atoms with E-state index in [4.69, 9.17) is 0 Å². The van der Waals surface area contributed by atoms with Crippen LogP contribution in [0, 0.1) is 6.92 Å². The van der Waals surface area contributed by atoms with E-state index in [1.807, 2.05) is 18.2 Å². The van der Waals surface area contributed by atoms with Crippen LogP contribution in [-0.4, -0.2) is 30.2 Å². The van der Waals surface area contributed by atoms with Crippen molar-refractivity contribution in [1.82, 2.24) is 9.36 Å². The average Bonchev–Trinajstić information content (AvgIpc) is 3.11. The number of amides is 1. The van der Waals surface area contributed by atoms with E-state index in [0.717, 1.165) is 0 Å². The molecule has 0 fully saturated rings. The monoisotopic (exact) mass is 502 g/mol. The van der Waals surface area contributed by atoms with Gasteiger partial charge in [0.25, 0.3) is 21.5 Å². The van der Waals surface area contributed by atoms with Gasteiger partial charge in [0.1, 0.15) is 5.69 Å². The summed E-state index contributed by atoms with van der Waals surface area (Å²) in [6, 6.07) is 23.5. The van der Waals surface area contributed by atoms with Gasteiger partial charge in [0.05, 0.1) is 28.5 Å². The number of nitrogens with zero attached hydrogens (tertiary/aromatic N) is 3. The number of benzene rings is 3. The molecule has 0 saturated heterocycles. The number of anilines is 2. The largest absolute Gasteiger partial charge is 0.316 e. The minimum Gasteiger partial charge on any atom is -0.316 e. The highest BCUT2D eigenvalue weighted by atomic mass is 32.2. The lowest BCUT2D eigenvalue weighted by Gasteiger charge is -2.23. The molecule has 0 aliphatic rings. The summed E-state index contributed by atoms with van der Waals surface area (Å²) in [6.45, 7) is 5.46. The van der Waals surface area contributed by atoms with E-state index in [1.54, 1.807) is 61.1 Å². The Morgan fingerprint density at radius 2 is 1.64 bits per heavy atom. The highest BCUT2D eigenvalue weighted by Crippen LogP contribution is 2.24. The lowest BCUT2D eigenvalue weighted by Crippen LogP contribution is -2.31. The third-order valence-electron chi connectivity index (χ3n) is 5.82. The molecule has 184 valence electrons. The molecule has 0 unspecified atom stereocenters. The highest BCUT2D eigenvalue weighted by molar-refractivity contribution is 7.92. The van der Waals surface area contributed by atoms with Gasteiger partial charge < -0.3 is 5.32 Å². The van der Waals surface area contributed by atoms with Gasteiger partial charge in [-0.05, 0) is 49.4 Å². The van der Waals surface area contributed by atoms with Crippen LogP contribution in [0.25, 0.3) is 5.69 Å². The van der Waals surface area contributed by atoms with Crippen LogP contribution in [0.3, 0.4) is 0 Å². The van der Waals surface area contributed by atoms with E-state index in [0.29, 0.717) is 17.1 Å². The fraction of sp³-hybridized carbons (Fsp3) is 0.111. The molecule has 1 aromatic heterocycles. The van der Waals surface area contributed by atoms with Crippen molar-refractivity contribution in [3.63, 3.8) is 0 Å². The molecular formula is C27H26N4O4S. The summed E-state index contributed by atoms with van der Waals surface area (Å²) in [5, 5.41) is 2.67. The normalized spacial score (nSPS) is 11.2. The van der Waals surface area contributed by atoms with Gasteiger partial charge in [-0.1, -0.05) is 48.5 Å². The summed E-state index contributed by atoms with van der Waals surface area (Å²) in [7, 11) is -2.26. The third kappa shape index (κ3) is 4.60. The van der Waals surface area contributed by atoms with E-state index in [-0.39, 0.29) is 28.3 Å². The molecule has 0 atom stereocenters. The molecule has 8 nitrogen and oxygen atoms in total. The van der Waals surface area contributed by atoms with Gasteiger partial charge in [0.2, 0.25) is 0 Å². The maximum absolute atomic E-state index is 13.5. The first-order valence-electron chi connectivity index (χ1n) is 11.2. The van der Waals surface area contributed by atoms with Crippen molar-refractivity contribution in [2.75, 3.05) is 16.2 Å². The van der Waals surface area contributed by atoms with Gasteiger partial charge >= 0.3 is 0 Å². The lowest BCUT2D eigenvalue weighted by atomic mass is 10.2. The van der Waals surface area contributed by atoms with Crippen LogP contribution >= 0.6 is 0 Å². The molecule has 36 heavy (non-hydrogen) atoms. The minimum absolute atomic E-state index is 0.0488. The predicted octanol–water partition coefficient (Wildman–Crippen LogP) is 4.12. The van der Waals surface area contributed by atoms with Gasteiger partial charge in [-0.25, -0.2) is 13.1 Å². The summed E-state index contributed by atoms with van der Waals surface area (Å²) in [6.07, 6.45) is 1.50. The Bertz CT molecular complexity index is 1570. The van der Waals surface area contributed by atoms with Gasteiger partial charge in [0.15, 0.2) is 0 Å². The average molecular weight is 503 g/mol. The second-order valence-corrected chi connectivity index (χ2v) is 9.94. The summed E-state index contributed by atoms with van der Waals surface area (Å²) >= 11 is 0. The molecule has 9 heteroatoms. The van der Waals surface area contributed by atoms with Crippen LogP contribution in [0.2, 0.25) is 0 Å². The van der Waals surface area contributed by atoms with Crippen LogP contribution in [0.1, 0.15) is 16.1 Å². The van der Waals surface area contributed by atoms with E-state index < -0.39 is 15.9 Å². The maximum Gasteiger partial charge on any atom is 0.295 e. The Labute approximate surface area is 209 Å². The Kier molecular flexibility index (Phi) is 6.93. The molecule has 0 saturated carbocycles. The van der Waals surface area contributed by atoms with E-state index in [2.05, 4.69) is 11.9 Å². The molecule has 0 aliphatic heterocycles. The molecule has 0 spiro atoms. The Morgan fingerprint density at radius 3 is 2.28 bits per heavy atom. The number of hydrogen-bond donors (Lipinski definition) is 1. The van der Waals surface area contributed by atoms with Crippen molar-refractivity contribution >= 4 is 27.3 Å². The first-order chi connectivity index (χ1) is 17.3. The summed E-state index contributed by atoms with van der Waals surface area (Å²) in [5.74, 6) is -0.590. The molecule has 0 radical (unpaired) electrons. The zero-order valence-corrected chi connectivity index (χ0v) is 20.8. The number of sulfonamides is 1. The van der Waals surface area contributed by atoms with Crippen LogP contribution in [0.5, 0.6) is 0 Å². The molecule has 1 amide bonds. The minimum atomic E-state index is -3.99. The number of hydrogen-bond acceptors (Lipinski definition) is 4. The number of rotatable bonds is 8. The topological polar surface area (TPSA) is 93.4 Å². The van der Waals surface area contributed by atoms with E-state index in [1.165, 1.54) is 39.3 Å². The number of carbonyl (C=O) groups is 1. The molecule has 0 bridgehead atoms. The third-order valence-corrected chi connectivity index (χ3v) is 7.61. The molecule has 3 aromatic carbocycles. The first kappa shape index (κ1) is 24.7. The van der Waals surface area contributed by atoms with Crippen molar-refractivity contribution in [3.05, 3.63) is 119 Å². The maximum atomic E-state index is 13.5. The summed E-state index contributed by atoms with van der Waals surface area (Å²) in [5.41, 5.74) is 1.54. The van der Waals surface area contributed by atoms with Crippen molar-refractivity contribution < 1.29 is 13.2 Å². The van der Waals surface area contributed by atoms with Crippen molar-refractivity contribution in [1.29, 1.82) is 0 Å². The molecule has 0 aliphatic carbocycles. The van der Waals surface area contributed by atoms with Gasteiger partial charge in [-0.3, -0.25) is 18.6 Å². The second kappa shape index (κ2) is 10.1. The fourth-order valence-corrected chi connectivity index (χ4v) is 5.36. The SMILES string of the molecule is C=CCN(c1ccccc1)S(=O)(=O)c1cccc(C(=O)Nc2c(C)n(C)n(-c3ccccc3)c2=O)c1. The molecule has 1 heterocycles. The fourth-order valence-electron chi connectivity index (χ4n) is 3.88. The Morgan fingerprint density at radius 1 is 1.00 bits per heavy atom. The van der Waals surface area contributed by atoms with Crippen molar-refractivity contribution in [3.8, 4) is 5.69 Å². The smallest absolute Gasteiger partial charge is 0.295 e. The zero-order chi connectivity index (χ0) is 25.9. The zero-order valence-electron chi connectivity index (χ0n) is 20.0. The van der Waals surface area contributed by atoms with Gasteiger partial charge in [-0.2, -0.15) is 0 Å². The Balaban J connectivity index is 1.67. The molecule has 1 N–H and O–H groups in total. The standard InChI is InChI=1S/C27H26N4O4S/c1-4-18-30(22-13-7-5-8-14-22)36(34,35)24-17-11-12-21(19-24)26(32)28-25-20(2)29(3)31(27(25)33)23-15-9-6-10-16-23/h4-17,19H,1,18H2,2-3H3,(H,28,32). The molecular weight excluding hydrogens is 476 g/mol. The second-order valence-electron chi connectivity index (χ2n) is 8.08. The van der Waals surface area contributed by atoms with Crippen LogP contribution in [0.15, 0.2) is 107 Å². The number of aromatic nitrogens is 2. The van der Waals surface area contributed by atoms with E-state index in [9.17, 15) is 18.0 Å². The number of nitrogens with one attached hydrogen (secondary N) is 1. The highest BCUT2D eigenvalue weighted by Gasteiger charge is 2.25. The summed E-state index contributed by atoms with van der Waals surface area (Å²) in [4.78, 5) is 26.2. The van der Waals surface area contributed by atoms with Crippen LogP contribution in [-0.2, 0) is 17.1 Å². The quantitative estimate of drug-likeness (QED) is 0.367. The first-order valence-corrected chi connectivity index (χ1v) is 12.6. The predicted molar refractivity (Wildman–Crippen MR) is 141 cm³/mol. The van der Waals surface area contributed by atoms with Gasteiger partial charge in [0, 0.05) is 12.6 Å². The molecule has 4 aromatic rings. The lowest BCUT2D eigenvalue weighted by molar-refractivity contribution is 0.102. The Hall–Kier alpha value is -4.37. The number of carbonyl (C=O) groups excluding carboxylic acids is 1. The van der Waals surface area contributed by atoms with E-state index >= 15 is 0 Å². The molecule has 4 rings (SSSR count). The van der Waals surface area contributed by atoms with Crippen molar-refractivity contribution in [2.24, 2.45) is 7.05 Å².